The van der Waals surface area contributed by atoms with Gasteiger partial charge in [-0.05, 0) is 32.1 Å². The van der Waals surface area contributed by atoms with Crippen molar-refractivity contribution in [3.8, 4) is 0 Å². The van der Waals surface area contributed by atoms with E-state index in [1.54, 1.807) is 0 Å². The summed E-state index contributed by atoms with van der Waals surface area (Å²) in [7, 11) is 0. The molecule has 0 atom stereocenters. The first-order valence-corrected chi connectivity index (χ1v) is 7.23. The first-order valence-electron chi connectivity index (χ1n) is 7.23. The highest BCUT2D eigenvalue weighted by molar-refractivity contribution is 5.86. The van der Waals surface area contributed by atoms with Crippen LogP contribution in [0.15, 0.2) is 0 Å². The van der Waals surface area contributed by atoms with E-state index in [-0.39, 0.29) is 48.3 Å². The number of rotatable bonds is 6. The Morgan fingerprint density at radius 2 is 1.05 bits per heavy atom. The summed E-state index contributed by atoms with van der Waals surface area (Å²) in [5.74, 6) is -0.928. The molecule has 8 heteroatoms. The molecule has 0 bridgehead atoms. The topological polar surface area (TPSA) is 116 Å². The lowest BCUT2D eigenvalue weighted by Gasteiger charge is -2.07. The predicted octanol–water partition coefficient (Wildman–Crippen LogP) is -0.728. The normalized spacial score (nSPS) is 16.8. The number of carbonyl (C=O) groups excluding carboxylic acids is 4. The van der Waals surface area contributed by atoms with Crippen LogP contribution in [0.5, 0.6) is 0 Å². The van der Waals surface area contributed by atoms with Gasteiger partial charge in [0.15, 0.2) is 0 Å². The average Bonchev–Trinajstić information content (AvgIpc) is 3.30. The Hall–Kier alpha value is -2.12. The van der Waals surface area contributed by atoms with Gasteiger partial charge in [0.05, 0.1) is 0 Å². The molecule has 4 N–H and O–H groups in total. The molecule has 0 heterocycles. The van der Waals surface area contributed by atoms with Gasteiger partial charge in [0.2, 0.25) is 23.6 Å². The standard InChI is InChI=1S/C13H20N4O4/c18-10(14-16-12(20)8-4-5-8)2-1-3-11(19)15-17-13(21)9-6-7-9/h8-9H,1-7H2,(H,14,18)(H,15,19)(H,16,20)(H,17,21). The van der Waals surface area contributed by atoms with Crippen LogP contribution in [0.3, 0.4) is 0 Å². The first kappa shape index (κ1) is 15.3. The summed E-state index contributed by atoms with van der Waals surface area (Å²) in [5.41, 5.74) is 9.31. The van der Waals surface area contributed by atoms with E-state index in [9.17, 15) is 19.2 Å². The number of hydrazine groups is 2. The van der Waals surface area contributed by atoms with Gasteiger partial charge in [-0.3, -0.25) is 40.9 Å². The van der Waals surface area contributed by atoms with Gasteiger partial charge >= 0.3 is 0 Å². The van der Waals surface area contributed by atoms with Crippen LogP contribution in [-0.2, 0) is 19.2 Å². The van der Waals surface area contributed by atoms with Gasteiger partial charge in [0.1, 0.15) is 0 Å². The van der Waals surface area contributed by atoms with E-state index in [4.69, 9.17) is 0 Å². The fourth-order valence-corrected chi connectivity index (χ4v) is 1.69. The number of nitrogens with one attached hydrogen (secondary N) is 4. The Balaban J connectivity index is 1.47. The molecule has 0 spiro atoms. The zero-order valence-electron chi connectivity index (χ0n) is 11.7. The highest BCUT2D eigenvalue weighted by Crippen LogP contribution is 2.28. The SMILES string of the molecule is O=C(CCCC(=O)NNC(=O)C1CC1)NNC(=O)C1CC1. The third kappa shape index (κ3) is 5.80. The van der Waals surface area contributed by atoms with Gasteiger partial charge < -0.3 is 0 Å². The monoisotopic (exact) mass is 296 g/mol. The summed E-state index contributed by atoms with van der Waals surface area (Å²) in [6.45, 7) is 0. The van der Waals surface area contributed by atoms with E-state index in [1.807, 2.05) is 0 Å². The third-order valence-electron chi connectivity index (χ3n) is 3.35. The fourth-order valence-electron chi connectivity index (χ4n) is 1.69. The van der Waals surface area contributed by atoms with Crippen molar-refractivity contribution in [1.29, 1.82) is 0 Å². The number of amides is 4. The molecule has 0 saturated heterocycles. The second-order valence-corrected chi connectivity index (χ2v) is 5.48. The molecule has 0 radical (unpaired) electrons. The van der Waals surface area contributed by atoms with Crippen molar-refractivity contribution in [3.05, 3.63) is 0 Å². The second kappa shape index (κ2) is 7.05. The zero-order valence-corrected chi connectivity index (χ0v) is 11.7. The molecule has 2 aliphatic rings. The highest BCUT2D eigenvalue weighted by atomic mass is 16.2. The van der Waals surface area contributed by atoms with Gasteiger partial charge in [-0.15, -0.1) is 0 Å². The third-order valence-corrected chi connectivity index (χ3v) is 3.35. The van der Waals surface area contributed by atoms with Crippen LogP contribution < -0.4 is 21.7 Å². The van der Waals surface area contributed by atoms with Crippen molar-refractivity contribution in [2.24, 2.45) is 11.8 Å². The van der Waals surface area contributed by atoms with Crippen LogP contribution in [0.2, 0.25) is 0 Å². The van der Waals surface area contributed by atoms with Crippen LogP contribution in [0.25, 0.3) is 0 Å². The van der Waals surface area contributed by atoms with Crippen LogP contribution in [0.4, 0.5) is 0 Å². The molecule has 116 valence electrons. The van der Waals surface area contributed by atoms with Crippen LogP contribution in [0, 0.1) is 11.8 Å². The van der Waals surface area contributed by atoms with Gasteiger partial charge in [-0.25, -0.2) is 0 Å². The summed E-state index contributed by atoms with van der Waals surface area (Å²) < 4.78 is 0. The van der Waals surface area contributed by atoms with E-state index >= 15 is 0 Å². The number of carbonyl (C=O) groups is 4. The molecule has 4 amide bonds. The summed E-state index contributed by atoms with van der Waals surface area (Å²) in [6.07, 6.45) is 4.09. The summed E-state index contributed by atoms with van der Waals surface area (Å²) in [4.78, 5) is 45.4. The molecule has 2 saturated carbocycles. The summed E-state index contributed by atoms with van der Waals surface area (Å²) in [6, 6.07) is 0. The molecule has 21 heavy (non-hydrogen) atoms. The van der Waals surface area contributed by atoms with Crippen LogP contribution in [-0.4, -0.2) is 23.6 Å². The molecule has 2 rings (SSSR count). The maximum atomic E-state index is 11.4. The molecule has 0 unspecified atom stereocenters. The van der Waals surface area contributed by atoms with E-state index in [0.717, 1.165) is 25.7 Å². The Bertz CT molecular complexity index is 403. The molecular formula is C13H20N4O4. The molecule has 2 aliphatic carbocycles. The molecule has 2 fully saturated rings. The molecule has 0 aromatic rings. The highest BCUT2D eigenvalue weighted by Gasteiger charge is 2.30. The zero-order chi connectivity index (χ0) is 15.2. The van der Waals surface area contributed by atoms with Crippen molar-refractivity contribution in [3.63, 3.8) is 0 Å². The van der Waals surface area contributed by atoms with Gasteiger partial charge in [-0.1, -0.05) is 0 Å². The van der Waals surface area contributed by atoms with Crippen molar-refractivity contribution in [2.45, 2.75) is 44.9 Å². The Morgan fingerprint density at radius 1 is 0.667 bits per heavy atom. The lowest BCUT2D eigenvalue weighted by molar-refractivity contribution is -0.130. The van der Waals surface area contributed by atoms with Gasteiger partial charge in [0, 0.05) is 24.7 Å². The molecule has 0 aromatic carbocycles. The van der Waals surface area contributed by atoms with Crippen LogP contribution in [0.1, 0.15) is 44.9 Å². The smallest absolute Gasteiger partial charge is 0.241 e. The lowest BCUT2D eigenvalue weighted by atomic mass is 10.2. The predicted molar refractivity (Wildman–Crippen MR) is 71.9 cm³/mol. The van der Waals surface area contributed by atoms with Gasteiger partial charge in [0.25, 0.3) is 0 Å². The molecule has 0 aromatic heterocycles. The lowest BCUT2D eigenvalue weighted by Crippen LogP contribution is -2.43. The average molecular weight is 296 g/mol. The van der Waals surface area contributed by atoms with E-state index in [2.05, 4.69) is 21.7 Å². The molecule has 8 nitrogen and oxygen atoms in total. The second-order valence-electron chi connectivity index (χ2n) is 5.48. The van der Waals surface area contributed by atoms with Gasteiger partial charge in [-0.2, -0.15) is 0 Å². The van der Waals surface area contributed by atoms with E-state index in [0.29, 0.717) is 6.42 Å². The van der Waals surface area contributed by atoms with Crippen molar-refractivity contribution in [2.75, 3.05) is 0 Å². The first-order chi connectivity index (χ1) is 10.1. The van der Waals surface area contributed by atoms with E-state index < -0.39 is 0 Å². The minimum atomic E-state index is -0.334. The molecule has 0 aliphatic heterocycles. The fraction of sp³-hybridized carbons (Fsp3) is 0.692. The van der Waals surface area contributed by atoms with Crippen LogP contribution >= 0.6 is 0 Å². The quantitative estimate of drug-likeness (QED) is 0.484. The summed E-state index contributed by atoms with van der Waals surface area (Å²) in [5, 5.41) is 0. The van der Waals surface area contributed by atoms with E-state index in [1.165, 1.54) is 0 Å². The number of hydrogen-bond acceptors (Lipinski definition) is 4. The Labute approximate surface area is 122 Å². The Kier molecular flexibility index (Phi) is 5.13. The largest absolute Gasteiger partial charge is 0.273 e. The van der Waals surface area contributed by atoms with Crippen molar-refractivity contribution >= 4 is 23.6 Å². The molecular weight excluding hydrogens is 276 g/mol. The van der Waals surface area contributed by atoms with Crippen molar-refractivity contribution < 1.29 is 19.2 Å². The van der Waals surface area contributed by atoms with Crippen molar-refractivity contribution in [1.82, 2.24) is 21.7 Å². The maximum absolute atomic E-state index is 11.4. The number of hydrogen-bond donors (Lipinski definition) is 4. The summed E-state index contributed by atoms with van der Waals surface area (Å²) >= 11 is 0. The minimum Gasteiger partial charge on any atom is -0.273 e. The minimum absolute atomic E-state index is 0.0335. The maximum Gasteiger partial charge on any atom is 0.241 e. The Morgan fingerprint density at radius 3 is 1.38 bits per heavy atom.